The minimum atomic E-state index is -2.58. The first-order valence-corrected chi connectivity index (χ1v) is 5.68. The molecule has 0 bridgehead atoms. The molecule has 6 heteroatoms. The molecular weight excluding hydrogens is 252 g/mol. The van der Waals surface area contributed by atoms with Crippen molar-refractivity contribution in [2.24, 2.45) is 0 Å². The summed E-state index contributed by atoms with van der Waals surface area (Å²) < 4.78 is 24.5. The van der Waals surface area contributed by atoms with E-state index in [2.05, 4.69) is 4.98 Å². The number of fused-ring (bicyclic) bond motifs is 1. The van der Waals surface area contributed by atoms with Crippen molar-refractivity contribution in [3.63, 3.8) is 0 Å². The van der Waals surface area contributed by atoms with Crippen LogP contribution in [0.2, 0.25) is 0 Å². The van der Waals surface area contributed by atoms with E-state index in [1.54, 1.807) is 24.3 Å². The Morgan fingerprint density at radius 3 is 2.79 bits per heavy atom. The van der Waals surface area contributed by atoms with Crippen LogP contribution < -0.4 is 5.73 Å². The predicted octanol–water partition coefficient (Wildman–Crippen LogP) is 2.15. The van der Waals surface area contributed by atoms with Crippen molar-refractivity contribution in [2.75, 3.05) is 19.3 Å². The molecule has 0 radical (unpaired) electrons. The van der Waals surface area contributed by atoms with Crippen molar-refractivity contribution in [1.82, 2.24) is 9.88 Å². The van der Waals surface area contributed by atoms with Crippen LogP contribution in [-0.4, -0.2) is 35.8 Å². The molecule has 0 saturated heterocycles. The standard InChI is InChI=1S/C13H13F2N3O/c1-18(7-11(14)15)13(19)10-6-8-4-2-3-5-9(8)12(16)17-10/h2-6,11H,7H2,1H3,(H2,16,17). The van der Waals surface area contributed by atoms with E-state index in [0.29, 0.717) is 0 Å². The van der Waals surface area contributed by atoms with E-state index in [9.17, 15) is 13.6 Å². The molecule has 1 heterocycles. The number of rotatable bonds is 3. The zero-order valence-corrected chi connectivity index (χ0v) is 10.3. The number of benzene rings is 1. The Bertz CT molecular complexity index is 616. The number of halogens is 2. The van der Waals surface area contributed by atoms with E-state index >= 15 is 0 Å². The van der Waals surface area contributed by atoms with Crippen LogP contribution in [0.4, 0.5) is 14.6 Å². The third-order valence-electron chi connectivity index (χ3n) is 2.75. The predicted molar refractivity (Wildman–Crippen MR) is 69.1 cm³/mol. The fourth-order valence-electron chi connectivity index (χ4n) is 1.82. The molecular formula is C13H13F2N3O. The molecule has 0 unspecified atom stereocenters. The third kappa shape index (κ3) is 2.78. The van der Waals surface area contributed by atoms with Gasteiger partial charge in [0.25, 0.3) is 12.3 Å². The van der Waals surface area contributed by atoms with Gasteiger partial charge in [-0.3, -0.25) is 4.79 Å². The Labute approximate surface area is 108 Å². The van der Waals surface area contributed by atoms with Crippen LogP contribution in [0.15, 0.2) is 30.3 Å². The van der Waals surface area contributed by atoms with Gasteiger partial charge in [-0.1, -0.05) is 24.3 Å². The smallest absolute Gasteiger partial charge is 0.272 e. The van der Waals surface area contributed by atoms with Crippen LogP contribution in [-0.2, 0) is 0 Å². The van der Waals surface area contributed by atoms with Gasteiger partial charge in [0.1, 0.15) is 11.5 Å². The second-order valence-electron chi connectivity index (χ2n) is 4.19. The van der Waals surface area contributed by atoms with Gasteiger partial charge in [-0.15, -0.1) is 0 Å². The number of carbonyl (C=O) groups is 1. The van der Waals surface area contributed by atoms with Gasteiger partial charge in [0.2, 0.25) is 0 Å². The first kappa shape index (κ1) is 13.2. The highest BCUT2D eigenvalue weighted by molar-refractivity contribution is 5.99. The molecule has 2 N–H and O–H groups in total. The molecule has 0 aliphatic rings. The first-order chi connectivity index (χ1) is 8.99. The Morgan fingerprint density at radius 2 is 2.11 bits per heavy atom. The van der Waals surface area contributed by atoms with Crippen LogP contribution in [0.25, 0.3) is 10.8 Å². The fraction of sp³-hybridized carbons (Fsp3) is 0.231. The van der Waals surface area contributed by atoms with Gasteiger partial charge in [0.05, 0.1) is 6.54 Å². The van der Waals surface area contributed by atoms with Gasteiger partial charge in [0.15, 0.2) is 0 Å². The summed E-state index contributed by atoms with van der Waals surface area (Å²) in [7, 11) is 1.31. The number of nitrogens with zero attached hydrogens (tertiary/aromatic N) is 2. The van der Waals surface area contributed by atoms with Gasteiger partial charge in [0, 0.05) is 12.4 Å². The zero-order chi connectivity index (χ0) is 14.0. The van der Waals surface area contributed by atoms with Crippen molar-refractivity contribution < 1.29 is 13.6 Å². The molecule has 100 valence electrons. The number of nitrogens with two attached hydrogens (primary N) is 1. The third-order valence-corrected chi connectivity index (χ3v) is 2.75. The highest BCUT2D eigenvalue weighted by atomic mass is 19.3. The maximum absolute atomic E-state index is 12.3. The molecule has 1 aromatic heterocycles. The van der Waals surface area contributed by atoms with Crippen molar-refractivity contribution in [3.8, 4) is 0 Å². The lowest BCUT2D eigenvalue weighted by atomic mass is 10.1. The van der Waals surface area contributed by atoms with Gasteiger partial charge in [-0.05, 0) is 11.5 Å². The Balaban J connectivity index is 2.38. The normalized spacial score (nSPS) is 10.9. The summed E-state index contributed by atoms with van der Waals surface area (Å²) in [6.45, 7) is -0.632. The second kappa shape index (κ2) is 5.17. The molecule has 1 aromatic carbocycles. The summed E-state index contributed by atoms with van der Waals surface area (Å²) in [5.74, 6) is -0.357. The lowest BCUT2D eigenvalue weighted by Crippen LogP contribution is -2.32. The Kier molecular flexibility index (Phi) is 3.59. The van der Waals surface area contributed by atoms with Gasteiger partial charge < -0.3 is 10.6 Å². The van der Waals surface area contributed by atoms with Crippen LogP contribution in [0.3, 0.4) is 0 Å². The van der Waals surface area contributed by atoms with E-state index in [1.165, 1.54) is 7.05 Å². The number of nitrogen functional groups attached to an aromatic ring is 1. The van der Waals surface area contributed by atoms with Crippen LogP contribution in [0.1, 0.15) is 10.5 Å². The van der Waals surface area contributed by atoms with Crippen molar-refractivity contribution in [3.05, 3.63) is 36.0 Å². The van der Waals surface area contributed by atoms with E-state index in [0.717, 1.165) is 15.7 Å². The summed E-state index contributed by atoms with van der Waals surface area (Å²) in [5.41, 5.74) is 5.84. The maximum atomic E-state index is 12.3. The molecule has 2 aromatic rings. The van der Waals surface area contributed by atoms with Crippen LogP contribution in [0.5, 0.6) is 0 Å². The molecule has 0 saturated carbocycles. The fourth-order valence-corrected chi connectivity index (χ4v) is 1.82. The van der Waals surface area contributed by atoms with Crippen molar-refractivity contribution in [1.29, 1.82) is 0 Å². The topological polar surface area (TPSA) is 59.2 Å². The first-order valence-electron chi connectivity index (χ1n) is 5.68. The summed E-state index contributed by atoms with van der Waals surface area (Å²) in [4.78, 5) is 16.9. The molecule has 1 amide bonds. The summed E-state index contributed by atoms with van der Waals surface area (Å²) in [5, 5.41) is 1.49. The highest BCUT2D eigenvalue weighted by Gasteiger charge is 2.18. The summed E-state index contributed by atoms with van der Waals surface area (Å²) >= 11 is 0. The largest absolute Gasteiger partial charge is 0.383 e. The van der Waals surface area contributed by atoms with Gasteiger partial charge >= 0.3 is 0 Å². The molecule has 0 fully saturated rings. The Hall–Kier alpha value is -2.24. The second-order valence-corrected chi connectivity index (χ2v) is 4.19. The number of anilines is 1. The van der Waals surface area contributed by atoms with Crippen LogP contribution in [0, 0.1) is 0 Å². The molecule has 0 atom stereocenters. The van der Waals surface area contributed by atoms with E-state index in [1.807, 2.05) is 6.07 Å². The molecule has 0 aliphatic heterocycles. The number of hydrogen-bond donors (Lipinski definition) is 1. The van der Waals surface area contributed by atoms with Crippen LogP contribution >= 0.6 is 0 Å². The lowest BCUT2D eigenvalue weighted by molar-refractivity contribution is 0.0615. The number of hydrogen-bond acceptors (Lipinski definition) is 3. The maximum Gasteiger partial charge on any atom is 0.272 e. The van der Waals surface area contributed by atoms with Crippen molar-refractivity contribution >= 4 is 22.5 Å². The molecule has 0 aliphatic carbocycles. The minimum absolute atomic E-state index is 0.0688. The number of pyridine rings is 1. The van der Waals surface area contributed by atoms with Gasteiger partial charge in [-0.2, -0.15) is 0 Å². The molecule has 19 heavy (non-hydrogen) atoms. The number of aromatic nitrogens is 1. The quantitative estimate of drug-likeness (QED) is 0.925. The molecule has 2 rings (SSSR count). The number of amides is 1. The summed E-state index contributed by atoms with van der Waals surface area (Å²) in [6.07, 6.45) is -2.58. The average Bonchev–Trinajstić information content (AvgIpc) is 2.37. The minimum Gasteiger partial charge on any atom is -0.383 e. The summed E-state index contributed by atoms with van der Waals surface area (Å²) in [6, 6.07) is 8.74. The van der Waals surface area contributed by atoms with Gasteiger partial charge in [-0.25, -0.2) is 13.8 Å². The van der Waals surface area contributed by atoms with E-state index in [-0.39, 0.29) is 11.5 Å². The number of carbonyl (C=O) groups excluding carboxylic acids is 1. The highest BCUT2D eigenvalue weighted by Crippen LogP contribution is 2.20. The monoisotopic (exact) mass is 265 g/mol. The van der Waals surface area contributed by atoms with E-state index in [4.69, 9.17) is 5.73 Å². The Morgan fingerprint density at radius 1 is 1.42 bits per heavy atom. The van der Waals surface area contributed by atoms with Crippen molar-refractivity contribution in [2.45, 2.75) is 6.43 Å². The zero-order valence-electron chi connectivity index (χ0n) is 10.3. The van der Waals surface area contributed by atoms with E-state index < -0.39 is 18.9 Å². The average molecular weight is 265 g/mol. The number of alkyl halides is 2. The lowest BCUT2D eigenvalue weighted by Gasteiger charge is -2.16. The molecule has 4 nitrogen and oxygen atoms in total. The SMILES string of the molecule is CN(CC(F)F)C(=O)c1cc2ccccc2c(N)n1. The molecule has 0 spiro atoms.